The number of carbonyl (C=O) groups excluding carboxylic acids is 1. The van der Waals surface area contributed by atoms with Gasteiger partial charge in [-0.3, -0.25) is 9.69 Å². The molecule has 2 aromatic rings. The summed E-state index contributed by atoms with van der Waals surface area (Å²) in [4.78, 5) is 15.1. The molecule has 1 aromatic carbocycles. The number of rotatable bonds is 5. The number of fused-ring (bicyclic) bond motifs is 1. The fraction of sp³-hybridized carbons (Fsp3) is 0.526. The number of hydrogen-bond acceptors (Lipinski definition) is 5. The molecule has 1 aromatic heterocycles. The van der Waals surface area contributed by atoms with Crippen molar-refractivity contribution in [1.29, 1.82) is 0 Å². The molecule has 7 heteroatoms. The number of hydrogen-bond donors (Lipinski definition) is 2. The van der Waals surface area contributed by atoms with E-state index < -0.39 is 0 Å². The zero-order chi connectivity index (χ0) is 17.9. The zero-order valence-electron chi connectivity index (χ0n) is 15.2. The normalized spacial score (nSPS) is 18.0. The standard InChI is InChI=1S/C19H26N6O/c1-2-10-24-11-14-4-3-5-17(16(14)12-24)21-19(26)18-13-25(23-22-18)15-6-8-20-9-7-15/h3-5,13,15,20H,2,6-12H2,1H3,(H,21,26). The first-order valence-corrected chi connectivity index (χ1v) is 9.51. The van der Waals surface area contributed by atoms with Crippen LogP contribution in [0.25, 0.3) is 0 Å². The lowest BCUT2D eigenvalue weighted by Gasteiger charge is -2.22. The van der Waals surface area contributed by atoms with E-state index in [1.807, 2.05) is 16.8 Å². The van der Waals surface area contributed by atoms with Crippen molar-refractivity contribution in [3.63, 3.8) is 0 Å². The Balaban J connectivity index is 1.46. The third kappa shape index (κ3) is 3.50. The fourth-order valence-electron chi connectivity index (χ4n) is 3.90. The van der Waals surface area contributed by atoms with Crippen LogP contribution in [0, 0.1) is 0 Å². The van der Waals surface area contributed by atoms with Crippen molar-refractivity contribution in [2.75, 3.05) is 25.0 Å². The maximum Gasteiger partial charge on any atom is 0.277 e. The number of nitrogens with one attached hydrogen (secondary N) is 2. The van der Waals surface area contributed by atoms with E-state index in [2.05, 4.69) is 38.8 Å². The fourth-order valence-corrected chi connectivity index (χ4v) is 3.90. The first kappa shape index (κ1) is 17.2. The van der Waals surface area contributed by atoms with Crippen LogP contribution in [-0.2, 0) is 13.1 Å². The van der Waals surface area contributed by atoms with Gasteiger partial charge in [-0.1, -0.05) is 24.3 Å². The maximum atomic E-state index is 12.7. The van der Waals surface area contributed by atoms with Crippen LogP contribution >= 0.6 is 0 Å². The highest BCUT2D eigenvalue weighted by molar-refractivity contribution is 6.03. The molecule has 2 aliphatic heterocycles. The Hall–Kier alpha value is -2.25. The average molecular weight is 354 g/mol. The van der Waals surface area contributed by atoms with Crippen LogP contribution in [-0.4, -0.2) is 45.4 Å². The van der Waals surface area contributed by atoms with E-state index in [1.165, 1.54) is 11.1 Å². The third-order valence-corrected chi connectivity index (χ3v) is 5.26. The molecule has 0 aliphatic carbocycles. The van der Waals surface area contributed by atoms with Crippen LogP contribution in [0.3, 0.4) is 0 Å². The predicted octanol–water partition coefficient (Wildman–Crippen LogP) is 2.18. The van der Waals surface area contributed by atoms with Gasteiger partial charge in [0, 0.05) is 18.8 Å². The Labute approximate surface area is 153 Å². The van der Waals surface area contributed by atoms with Gasteiger partial charge in [-0.25, -0.2) is 4.68 Å². The first-order valence-electron chi connectivity index (χ1n) is 9.51. The molecule has 138 valence electrons. The molecule has 1 saturated heterocycles. The van der Waals surface area contributed by atoms with Crippen molar-refractivity contribution >= 4 is 11.6 Å². The molecule has 0 saturated carbocycles. The summed E-state index contributed by atoms with van der Waals surface area (Å²) in [5, 5.41) is 14.7. The van der Waals surface area contributed by atoms with E-state index in [9.17, 15) is 4.79 Å². The van der Waals surface area contributed by atoms with Crippen molar-refractivity contribution in [3.05, 3.63) is 41.2 Å². The monoisotopic (exact) mass is 354 g/mol. The van der Waals surface area contributed by atoms with Crippen molar-refractivity contribution in [1.82, 2.24) is 25.2 Å². The summed E-state index contributed by atoms with van der Waals surface area (Å²) in [6.45, 7) is 7.08. The van der Waals surface area contributed by atoms with Gasteiger partial charge in [-0.05, 0) is 56.1 Å². The van der Waals surface area contributed by atoms with E-state index in [4.69, 9.17) is 0 Å². The van der Waals surface area contributed by atoms with Gasteiger partial charge in [-0.2, -0.15) is 0 Å². The molecule has 0 bridgehead atoms. The largest absolute Gasteiger partial charge is 0.320 e. The third-order valence-electron chi connectivity index (χ3n) is 5.26. The van der Waals surface area contributed by atoms with Crippen LogP contribution < -0.4 is 10.6 Å². The lowest BCUT2D eigenvalue weighted by molar-refractivity contribution is 0.102. The van der Waals surface area contributed by atoms with Gasteiger partial charge in [0.05, 0.1) is 12.2 Å². The van der Waals surface area contributed by atoms with E-state index in [-0.39, 0.29) is 5.91 Å². The number of anilines is 1. The number of aromatic nitrogens is 3. The minimum absolute atomic E-state index is 0.187. The quantitative estimate of drug-likeness (QED) is 0.861. The van der Waals surface area contributed by atoms with Crippen LogP contribution in [0.15, 0.2) is 24.4 Å². The molecule has 0 radical (unpaired) electrons. The number of carbonyl (C=O) groups is 1. The average Bonchev–Trinajstić information content (AvgIpc) is 3.30. The lowest BCUT2D eigenvalue weighted by atomic mass is 10.1. The van der Waals surface area contributed by atoms with Gasteiger partial charge in [-0.15, -0.1) is 5.10 Å². The number of nitrogens with zero attached hydrogens (tertiary/aromatic N) is 4. The van der Waals surface area contributed by atoms with Gasteiger partial charge in [0.15, 0.2) is 5.69 Å². The molecule has 0 spiro atoms. The molecule has 1 amide bonds. The summed E-state index contributed by atoms with van der Waals surface area (Å²) < 4.78 is 1.84. The smallest absolute Gasteiger partial charge is 0.277 e. The summed E-state index contributed by atoms with van der Waals surface area (Å²) >= 11 is 0. The molecule has 26 heavy (non-hydrogen) atoms. The molecule has 2 N–H and O–H groups in total. The Kier molecular flexibility index (Phi) is 4.99. The molecular weight excluding hydrogens is 328 g/mol. The van der Waals surface area contributed by atoms with E-state index in [0.29, 0.717) is 11.7 Å². The van der Waals surface area contributed by atoms with E-state index in [1.54, 1.807) is 6.20 Å². The Morgan fingerprint density at radius 2 is 2.15 bits per heavy atom. The Bertz CT molecular complexity index is 780. The van der Waals surface area contributed by atoms with Crippen LogP contribution in [0.5, 0.6) is 0 Å². The molecule has 0 unspecified atom stereocenters. The molecule has 7 nitrogen and oxygen atoms in total. The topological polar surface area (TPSA) is 75.1 Å². The highest BCUT2D eigenvalue weighted by Gasteiger charge is 2.23. The van der Waals surface area contributed by atoms with Crippen molar-refractivity contribution in [2.24, 2.45) is 0 Å². The van der Waals surface area contributed by atoms with Crippen molar-refractivity contribution < 1.29 is 4.79 Å². The summed E-state index contributed by atoms with van der Waals surface area (Å²) in [5.41, 5.74) is 3.79. The molecule has 0 atom stereocenters. The SMILES string of the molecule is CCCN1Cc2cccc(NC(=O)c3cn(C4CCNCC4)nn3)c2C1. The second kappa shape index (κ2) is 7.55. The highest BCUT2D eigenvalue weighted by Crippen LogP contribution is 2.29. The highest BCUT2D eigenvalue weighted by atomic mass is 16.2. The first-order chi connectivity index (χ1) is 12.7. The van der Waals surface area contributed by atoms with E-state index in [0.717, 1.165) is 57.7 Å². The second-order valence-electron chi connectivity index (χ2n) is 7.17. The van der Waals surface area contributed by atoms with Crippen LogP contribution in [0.2, 0.25) is 0 Å². The van der Waals surface area contributed by atoms with Gasteiger partial charge in [0.2, 0.25) is 0 Å². The summed E-state index contributed by atoms with van der Waals surface area (Å²) in [5.74, 6) is -0.187. The van der Waals surface area contributed by atoms with Gasteiger partial charge < -0.3 is 10.6 Å². The number of benzene rings is 1. The van der Waals surface area contributed by atoms with Gasteiger partial charge in [0.25, 0.3) is 5.91 Å². The van der Waals surface area contributed by atoms with E-state index >= 15 is 0 Å². The molecule has 2 aliphatic rings. The lowest BCUT2D eigenvalue weighted by Crippen LogP contribution is -2.29. The van der Waals surface area contributed by atoms with Gasteiger partial charge in [0.1, 0.15) is 0 Å². The Morgan fingerprint density at radius 3 is 2.96 bits per heavy atom. The summed E-state index contributed by atoms with van der Waals surface area (Å²) in [7, 11) is 0. The maximum absolute atomic E-state index is 12.7. The summed E-state index contributed by atoms with van der Waals surface area (Å²) in [6.07, 6.45) is 4.95. The number of piperidine rings is 1. The van der Waals surface area contributed by atoms with Crippen LogP contribution in [0.4, 0.5) is 5.69 Å². The molecule has 1 fully saturated rings. The van der Waals surface area contributed by atoms with Crippen molar-refractivity contribution in [3.8, 4) is 0 Å². The second-order valence-corrected chi connectivity index (χ2v) is 7.17. The number of amides is 1. The van der Waals surface area contributed by atoms with Crippen molar-refractivity contribution in [2.45, 2.75) is 45.3 Å². The molecular formula is C19H26N6O. The summed E-state index contributed by atoms with van der Waals surface area (Å²) in [6, 6.07) is 6.46. The molecule has 4 rings (SSSR count). The Morgan fingerprint density at radius 1 is 1.31 bits per heavy atom. The molecule has 3 heterocycles. The zero-order valence-corrected chi connectivity index (χ0v) is 15.2. The predicted molar refractivity (Wildman–Crippen MR) is 100.0 cm³/mol. The minimum Gasteiger partial charge on any atom is -0.320 e. The minimum atomic E-state index is -0.187. The van der Waals surface area contributed by atoms with Gasteiger partial charge >= 0.3 is 0 Å². The van der Waals surface area contributed by atoms with Crippen LogP contribution in [0.1, 0.15) is 53.8 Å².